The molecule has 1 saturated carbocycles. The summed E-state index contributed by atoms with van der Waals surface area (Å²) in [6, 6.07) is 8.45. The Kier molecular flexibility index (Phi) is 4.99. The molecule has 1 aliphatic carbocycles. The van der Waals surface area contributed by atoms with Crippen LogP contribution < -0.4 is 0 Å². The molecule has 1 aromatic carbocycles. The van der Waals surface area contributed by atoms with E-state index in [1.807, 2.05) is 4.68 Å². The van der Waals surface area contributed by atoms with Crippen LogP contribution in [-0.2, 0) is 5.54 Å². The van der Waals surface area contributed by atoms with Crippen LogP contribution >= 0.6 is 0 Å². The Labute approximate surface area is 145 Å². The van der Waals surface area contributed by atoms with E-state index < -0.39 is 0 Å². The summed E-state index contributed by atoms with van der Waals surface area (Å²) in [5.74, 6) is 1.79. The summed E-state index contributed by atoms with van der Waals surface area (Å²) in [4.78, 5) is 2.55. The normalized spacial score (nSPS) is 24.5. The van der Waals surface area contributed by atoms with E-state index in [2.05, 4.69) is 72.4 Å². The fourth-order valence-corrected chi connectivity index (χ4v) is 4.09. The number of tetrazole rings is 1. The molecule has 0 atom stereocenters. The van der Waals surface area contributed by atoms with Gasteiger partial charge in [0.05, 0.1) is 11.2 Å². The van der Waals surface area contributed by atoms with Gasteiger partial charge in [-0.05, 0) is 74.2 Å². The fraction of sp³-hybridized carbons (Fsp3) is 0.632. The molecule has 0 aliphatic heterocycles. The molecule has 3 rings (SSSR count). The Morgan fingerprint density at radius 1 is 1.12 bits per heavy atom. The van der Waals surface area contributed by atoms with Gasteiger partial charge in [0.25, 0.3) is 0 Å². The highest BCUT2D eigenvalue weighted by Crippen LogP contribution is 2.43. The van der Waals surface area contributed by atoms with Gasteiger partial charge in [0.15, 0.2) is 5.82 Å². The third-order valence-corrected chi connectivity index (χ3v) is 5.63. The molecule has 5 heteroatoms. The molecule has 0 spiro atoms. The summed E-state index contributed by atoms with van der Waals surface area (Å²) >= 11 is 0. The molecule has 1 fully saturated rings. The van der Waals surface area contributed by atoms with Crippen LogP contribution in [0, 0.1) is 12.8 Å². The number of rotatable bonds is 5. The van der Waals surface area contributed by atoms with E-state index in [9.17, 15) is 0 Å². The van der Waals surface area contributed by atoms with E-state index >= 15 is 0 Å². The van der Waals surface area contributed by atoms with Crippen LogP contribution in [0.2, 0.25) is 0 Å². The Morgan fingerprint density at radius 3 is 2.33 bits per heavy atom. The Bertz CT molecular complexity index is 649. The molecule has 0 unspecified atom stereocenters. The Morgan fingerprint density at radius 2 is 1.75 bits per heavy atom. The fourth-order valence-electron chi connectivity index (χ4n) is 4.09. The maximum absolute atomic E-state index is 4.51. The minimum absolute atomic E-state index is 0.0512. The minimum Gasteiger partial charge on any atom is -0.291 e. The van der Waals surface area contributed by atoms with Gasteiger partial charge in [0, 0.05) is 0 Å². The summed E-state index contributed by atoms with van der Waals surface area (Å²) in [6.07, 6.45) is 4.72. The van der Waals surface area contributed by atoms with Gasteiger partial charge < -0.3 is 0 Å². The predicted molar refractivity (Wildman–Crippen MR) is 96.1 cm³/mol. The lowest BCUT2D eigenvalue weighted by Crippen LogP contribution is -2.50. The first-order valence-corrected chi connectivity index (χ1v) is 9.21. The summed E-state index contributed by atoms with van der Waals surface area (Å²) in [7, 11) is 0. The average molecular weight is 327 g/mol. The van der Waals surface area contributed by atoms with Gasteiger partial charge in [0.2, 0.25) is 0 Å². The monoisotopic (exact) mass is 327 g/mol. The summed E-state index contributed by atoms with van der Waals surface area (Å²) in [5, 5.41) is 12.9. The molecule has 2 aromatic rings. The molecule has 0 saturated heterocycles. The molecule has 5 nitrogen and oxygen atoms in total. The van der Waals surface area contributed by atoms with Gasteiger partial charge in [-0.15, -0.1) is 5.10 Å². The minimum atomic E-state index is -0.0512. The predicted octanol–water partition coefficient (Wildman–Crippen LogP) is 3.72. The van der Waals surface area contributed by atoms with Crippen molar-refractivity contribution in [2.45, 2.75) is 58.9 Å². The lowest BCUT2D eigenvalue weighted by Gasteiger charge is -2.46. The molecular formula is C19H29N5. The number of benzene rings is 1. The summed E-state index contributed by atoms with van der Waals surface area (Å²) in [5.41, 5.74) is 2.24. The second kappa shape index (κ2) is 7.01. The maximum Gasteiger partial charge on any atom is 0.176 e. The topological polar surface area (TPSA) is 46.8 Å². The van der Waals surface area contributed by atoms with Crippen LogP contribution in [-0.4, -0.2) is 38.2 Å². The van der Waals surface area contributed by atoms with E-state index in [1.165, 1.54) is 18.4 Å². The smallest absolute Gasteiger partial charge is 0.176 e. The molecule has 1 aromatic heterocycles. The summed E-state index contributed by atoms with van der Waals surface area (Å²) in [6.45, 7) is 11.0. The van der Waals surface area contributed by atoms with Gasteiger partial charge in [-0.2, -0.15) is 4.68 Å². The second-order valence-corrected chi connectivity index (χ2v) is 7.14. The first-order chi connectivity index (χ1) is 11.6. The van der Waals surface area contributed by atoms with Crippen LogP contribution in [0.3, 0.4) is 0 Å². The number of hydrogen-bond donors (Lipinski definition) is 0. The Balaban J connectivity index is 2.06. The molecule has 130 valence electrons. The lowest BCUT2D eigenvalue weighted by molar-refractivity contribution is 0.0336. The van der Waals surface area contributed by atoms with Crippen molar-refractivity contribution in [2.24, 2.45) is 5.92 Å². The molecule has 0 bridgehead atoms. The van der Waals surface area contributed by atoms with Crippen molar-refractivity contribution >= 4 is 0 Å². The third-order valence-electron chi connectivity index (χ3n) is 5.63. The van der Waals surface area contributed by atoms with Gasteiger partial charge in [-0.1, -0.05) is 38.5 Å². The first-order valence-electron chi connectivity index (χ1n) is 9.21. The first kappa shape index (κ1) is 17.1. The van der Waals surface area contributed by atoms with Crippen LogP contribution in [0.5, 0.6) is 0 Å². The molecule has 0 N–H and O–H groups in total. The second-order valence-electron chi connectivity index (χ2n) is 7.14. The zero-order valence-corrected chi connectivity index (χ0v) is 15.4. The lowest BCUT2D eigenvalue weighted by atomic mass is 9.75. The molecule has 0 amide bonds. The standard InChI is InChI=1S/C19H29N5/c1-5-23(6-2)19(13-11-16(4)12-14-19)18-20-21-22-24(18)17-9-7-15(3)8-10-17/h7-10,16H,5-6,11-14H2,1-4H3. The van der Waals surface area contributed by atoms with Gasteiger partial charge in [0.1, 0.15) is 0 Å². The highest BCUT2D eigenvalue weighted by molar-refractivity contribution is 5.35. The van der Waals surface area contributed by atoms with E-state index in [0.717, 1.165) is 43.4 Å². The number of hydrogen-bond acceptors (Lipinski definition) is 4. The van der Waals surface area contributed by atoms with Crippen molar-refractivity contribution in [1.29, 1.82) is 0 Å². The van der Waals surface area contributed by atoms with E-state index in [1.54, 1.807) is 0 Å². The van der Waals surface area contributed by atoms with Crippen LogP contribution in [0.15, 0.2) is 24.3 Å². The van der Waals surface area contributed by atoms with E-state index in [0.29, 0.717) is 0 Å². The number of aromatic nitrogens is 4. The SMILES string of the molecule is CCN(CC)C1(c2nnnn2-c2ccc(C)cc2)CCC(C)CC1. The summed E-state index contributed by atoms with van der Waals surface area (Å²) < 4.78 is 1.95. The van der Waals surface area contributed by atoms with Crippen molar-refractivity contribution in [3.05, 3.63) is 35.7 Å². The van der Waals surface area contributed by atoms with Gasteiger partial charge >= 0.3 is 0 Å². The van der Waals surface area contributed by atoms with Gasteiger partial charge in [-0.25, -0.2) is 0 Å². The molecule has 24 heavy (non-hydrogen) atoms. The van der Waals surface area contributed by atoms with Crippen LogP contribution in [0.1, 0.15) is 57.8 Å². The molecule has 0 radical (unpaired) electrons. The van der Waals surface area contributed by atoms with Crippen LogP contribution in [0.4, 0.5) is 0 Å². The van der Waals surface area contributed by atoms with E-state index in [-0.39, 0.29) is 5.54 Å². The third kappa shape index (κ3) is 2.97. The zero-order valence-electron chi connectivity index (χ0n) is 15.4. The molecule has 1 aliphatic rings. The highest BCUT2D eigenvalue weighted by atomic mass is 15.6. The van der Waals surface area contributed by atoms with Crippen molar-refractivity contribution in [1.82, 2.24) is 25.1 Å². The van der Waals surface area contributed by atoms with Crippen molar-refractivity contribution in [3.8, 4) is 5.69 Å². The zero-order chi connectivity index (χ0) is 17.2. The highest BCUT2D eigenvalue weighted by Gasteiger charge is 2.44. The quantitative estimate of drug-likeness (QED) is 0.840. The Hall–Kier alpha value is -1.75. The van der Waals surface area contributed by atoms with Crippen LogP contribution in [0.25, 0.3) is 5.69 Å². The average Bonchev–Trinajstić information content (AvgIpc) is 3.09. The molecular weight excluding hydrogens is 298 g/mol. The van der Waals surface area contributed by atoms with E-state index in [4.69, 9.17) is 0 Å². The molecule has 1 heterocycles. The van der Waals surface area contributed by atoms with Crippen molar-refractivity contribution in [2.75, 3.05) is 13.1 Å². The maximum atomic E-state index is 4.51. The van der Waals surface area contributed by atoms with Crippen molar-refractivity contribution in [3.63, 3.8) is 0 Å². The largest absolute Gasteiger partial charge is 0.291 e. The van der Waals surface area contributed by atoms with Gasteiger partial charge in [-0.3, -0.25) is 4.90 Å². The number of aryl methyl sites for hydroxylation is 1. The number of nitrogens with zero attached hydrogens (tertiary/aromatic N) is 5. The van der Waals surface area contributed by atoms with Crippen molar-refractivity contribution < 1.29 is 0 Å².